The SMILES string of the molecule is CN(CC#N)C(=O)c1cc(F)cc(Br)c1. The third kappa shape index (κ3) is 3.03. The Morgan fingerprint density at radius 2 is 2.27 bits per heavy atom. The standard InChI is InChI=1S/C10H8BrFN2O/c1-14(3-2-13)10(15)7-4-8(11)6-9(12)5-7/h4-6H,3H2,1H3. The highest BCUT2D eigenvalue weighted by Gasteiger charge is 2.12. The number of nitrogens with zero attached hydrogens (tertiary/aromatic N) is 2. The van der Waals surface area contributed by atoms with Crippen LogP contribution in [0, 0.1) is 17.1 Å². The van der Waals surface area contributed by atoms with Gasteiger partial charge in [-0.1, -0.05) is 15.9 Å². The first-order valence-corrected chi connectivity index (χ1v) is 4.92. The van der Waals surface area contributed by atoms with Crippen molar-refractivity contribution in [2.75, 3.05) is 13.6 Å². The van der Waals surface area contributed by atoms with Crippen molar-refractivity contribution < 1.29 is 9.18 Å². The molecule has 0 saturated heterocycles. The molecule has 5 heteroatoms. The van der Waals surface area contributed by atoms with Crippen LogP contribution in [0.15, 0.2) is 22.7 Å². The molecular weight excluding hydrogens is 263 g/mol. The minimum Gasteiger partial charge on any atom is -0.328 e. The van der Waals surface area contributed by atoms with Crippen LogP contribution in [-0.4, -0.2) is 24.4 Å². The zero-order valence-electron chi connectivity index (χ0n) is 8.00. The molecule has 78 valence electrons. The molecule has 1 aromatic carbocycles. The van der Waals surface area contributed by atoms with Crippen molar-refractivity contribution in [2.45, 2.75) is 0 Å². The molecule has 0 unspecified atom stereocenters. The minimum absolute atomic E-state index is 0.0209. The van der Waals surface area contributed by atoms with Crippen LogP contribution in [0.5, 0.6) is 0 Å². The van der Waals surface area contributed by atoms with E-state index in [1.165, 1.54) is 24.1 Å². The molecular formula is C10H8BrFN2O. The Morgan fingerprint density at radius 1 is 1.60 bits per heavy atom. The van der Waals surface area contributed by atoms with Crippen molar-refractivity contribution in [1.82, 2.24) is 4.90 Å². The molecule has 0 aliphatic rings. The van der Waals surface area contributed by atoms with E-state index in [2.05, 4.69) is 15.9 Å². The Bertz CT molecular complexity index is 408. The second-order valence-electron chi connectivity index (χ2n) is 2.98. The van der Waals surface area contributed by atoms with E-state index < -0.39 is 5.82 Å². The Labute approximate surface area is 95.2 Å². The predicted molar refractivity (Wildman–Crippen MR) is 56.7 cm³/mol. The zero-order valence-corrected chi connectivity index (χ0v) is 9.58. The Hall–Kier alpha value is -1.41. The van der Waals surface area contributed by atoms with Crippen molar-refractivity contribution in [1.29, 1.82) is 5.26 Å². The molecule has 0 aliphatic carbocycles. The van der Waals surface area contributed by atoms with Gasteiger partial charge in [0.25, 0.3) is 5.91 Å². The molecule has 0 radical (unpaired) electrons. The lowest BCUT2D eigenvalue weighted by atomic mass is 10.2. The van der Waals surface area contributed by atoms with E-state index >= 15 is 0 Å². The van der Waals surface area contributed by atoms with E-state index in [0.29, 0.717) is 4.47 Å². The summed E-state index contributed by atoms with van der Waals surface area (Å²) in [5, 5.41) is 8.41. The number of rotatable bonds is 2. The number of nitriles is 1. The van der Waals surface area contributed by atoms with E-state index in [1.807, 2.05) is 6.07 Å². The number of benzene rings is 1. The predicted octanol–water partition coefficient (Wildman–Crippen LogP) is 2.18. The van der Waals surface area contributed by atoms with E-state index in [4.69, 9.17) is 5.26 Å². The van der Waals surface area contributed by atoms with Crippen molar-refractivity contribution in [3.63, 3.8) is 0 Å². The van der Waals surface area contributed by atoms with Crippen LogP contribution < -0.4 is 0 Å². The van der Waals surface area contributed by atoms with Crippen LogP contribution in [0.4, 0.5) is 4.39 Å². The van der Waals surface area contributed by atoms with Gasteiger partial charge in [-0.05, 0) is 18.2 Å². The lowest BCUT2D eigenvalue weighted by molar-refractivity contribution is 0.0811. The highest BCUT2D eigenvalue weighted by atomic mass is 79.9. The number of carbonyl (C=O) groups is 1. The molecule has 0 atom stereocenters. The Kier molecular flexibility index (Phi) is 3.81. The summed E-state index contributed by atoms with van der Waals surface area (Å²) in [6.07, 6.45) is 0. The molecule has 0 spiro atoms. The zero-order chi connectivity index (χ0) is 11.4. The van der Waals surface area contributed by atoms with E-state index in [9.17, 15) is 9.18 Å². The van der Waals surface area contributed by atoms with Crippen LogP contribution in [-0.2, 0) is 0 Å². The largest absolute Gasteiger partial charge is 0.328 e. The third-order valence-corrected chi connectivity index (χ3v) is 2.22. The highest BCUT2D eigenvalue weighted by Crippen LogP contribution is 2.15. The first-order valence-electron chi connectivity index (χ1n) is 4.13. The first-order chi connectivity index (χ1) is 7.04. The quantitative estimate of drug-likeness (QED) is 0.774. The van der Waals surface area contributed by atoms with E-state index in [1.54, 1.807) is 0 Å². The number of hydrogen-bond acceptors (Lipinski definition) is 2. The van der Waals surface area contributed by atoms with Gasteiger partial charge in [0.05, 0.1) is 6.07 Å². The average molecular weight is 271 g/mol. The molecule has 0 heterocycles. The molecule has 1 aromatic rings. The van der Waals surface area contributed by atoms with Crippen molar-refractivity contribution in [2.24, 2.45) is 0 Å². The highest BCUT2D eigenvalue weighted by molar-refractivity contribution is 9.10. The molecule has 0 aliphatic heterocycles. The fraction of sp³-hybridized carbons (Fsp3) is 0.200. The summed E-state index contributed by atoms with van der Waals surface area (Å²) in [6.45, 7) is -0.0209. The Morgan fingerprint density at radius 3 is 2.80 bits per heavy atom. The fourth-order valence-electron chi connectivity index (χ4n) is 1.08. The van der Waals surface area contributed by atoms with Gasteiger partial charge < -0.3 is 4.90 Å². The van der Waals surface area contributed by atoms with E-state index in [0.717, 1.165) is 6.07 Å². The summed E-state index contributed by atoms with van der Waals surface area (Å²) < 4.78 is 13.5. The molecule has 0 fully saturated rings. The lowest BCUT2D eigenvalue weighted by Crippen LogP contribution is -2.27. The lowest BCUT2D eigenvalue weighted by Gasteiger charge is -2.13. The normalized spacial score (nSPS) is 9.47. The molecule has 1 amide bonds. The van der Waals surface area contributed by atoms with Crippen molar-refractivity contribution >= 4 is 21.8 Å². The molecule has 1 rings (SSSR count). The smallest absolute Gasteiger partial charge is 0.254 e. The summed E-state index contributed by atoms with van der Waals surface area (Å²) in [5.41, 5.74) is 0.222. The van der Waals surface area contributed by atoms with Gasteiger partial charge in [0, 0.05) is 17.1 Å². The number of halogens is 2. The maximum absolute atomic E-state index is 13.0. The van der Waals surface area contributed by atoms with Crippen LogP contribution in [0.25, 0.3) is 0 Å². The van der Waals surface area contributed by atoms with Gasteiger partial charge in [-0.3, -0.25) is 4.79 Å². The number of amides is 1. The molecule has 3 nitrogen and oxygen atoms in total. The monoisotopic (exact) mass is 270 g/mol. The maximum atomic E-state index is 13.0. The number of carbonyl (C=O) groups excluding carboxylic acids is 1. The maximum Gasteiger partial charge on any atom is 0.254 e. The minimum atomic E-state index is -0.488. The average Bonchev–Trinajstić information content (AvgIpc) is 2.15. The van der Waals surface area contributed by atoms with Crippen LogP contribution in [0.3, 0.4) is 0 Å². The topological polar surface area (TPSA) is 44.1 Å². The fourth-order valence-corrected chi connectivity index (χ4v) is 1.54. The van der Waals surface area contributed by atoms with Crippen LogP contribution in [0.2, 0.25) is 0 Å². The summed E-state index contributed by atoms with van der Waals surface area (Å²) in [6, 6.07) is 5.76. The third-order valence-electron chi connectivity index (χ3n) is 1.76. The van der Waals surface area contributed by atoms with Gasteiger partial charge in [0.15, 0.2) is 0 Å². The van der Waals surface area contributed by atoms with Gasteiger partial charge in [-0.2, -0.15) is 5.26 Å². The molecule has 15 heavy (non-hydrogen) atoms. The van der Waals surface area contributed by atoms with Gasteiger partial charge in [-0.15, -0.1) is 0 Å². The summed E-state index contributed by atoms with van der Waals surface area (Å²) >= 11 is 3.09. The Balaban J connectivity index is 2.97. The first kappa shape index (κ1) is 11.7. The van der Waals surface area contributed by atoms with Gasteiger partial charge in [0.2, 0.25) is 0 Å². The van der Waals surface area contributed by atoms with Gasteiger partial charge in [-0.25, -0.2) is 4.39 Å². The summed E-state index contributed by atoms with van der Waals surface area (Å²) in [4.78, 5) is 12.8. The van der Waals surface area contributed by atoms with Gasteiger partial charge >= 0.3 is 0 Å². The van der Waals surface area contributed by atoms with Crippen LogP contribution >= 0.6 is 15.9 Å². The van der Waals surface area contributed by atoms with E-state index in [-0.39, 0.29) is 18.0 Å². The van der Waals surface area contributed by atoms with Crippen molar-refractivity contribution in [3.05, 3.63) is 34.1 Å². The number of hydrogen-bond donors (Lipinski definition) is 0. The molecule has 0 saturated carbocycles. The second-order valence-corrected chi connectivity index (χ2v) is 3.89. The molecule has 0 aromatic heterocycles. The van der Waals surface area contributed by atoms with Gasteiger partial charge in [0.1, 0.15) is 12.4 Å². The van der Waals surface area contributed by atoms with Crippen LogP contribution in [0.1, 0.15) is 10.4 Å². The second kappa shape index (κ2) is 4.89. The van der Waals surface area contributed by atoms with Crippen molar-refractivity contribution in [3.8, 4) is 6.07 Å². The molecule has 0 bridgehead atoms. The molecule has 0 N–H and O–H groups in total. The summed E-state index contributed by atoms with van der Waals surface area (Å²) in [7, 11) is 1.49. The summed E-state index contributed by atoms with van der Waals surface area (Å²) in [5.74, 6) is -0.866.